The molecule has 0 heterocycles. The van der Waals surface area contributed by atoms with Gasteiger partial charge in [0.05, 0.1) is 0 Å². The van der Waals surface area contributed by atoms with E-state index in [1.807, 2.05) is 0 Å². The number of benzene rings is 2. The van der Waals surface area contributed by atoms with E-state index in [4.69, 9.17) is 0 Å². The zero-order valence-electron chi connectivity index (χ0n) is 11.7. The summed E-state index contributed by atoms with van der Waals surface area (Å²) in [6.45, 7) is 0. The molecule has 0 unspecified atom stereocenters. The quantitative estimate of drug-likeness (QED) is 0.375. The molecule has 0 fully saturated rings. The Hall–Kier alpha value is -1.32. The van der Waals surface area contributed by atoms with Crippen LogP contribution < -0.4 is 7.16 Å². The maximum atomic E-state index is 13.9. The van der Waals surface area contributed by atoms with Crippen LogP contribution in [0.25, 0.3) is 0 Å². The van der Waals surface area contributed by atoms with Gasteiger partial charge in [0.15, 0.2) is 0 Å². The predicted molar refractivity (Wildman–Crippen MR) is 69.3 cm³/mol. The van der Waals surface area contributed by atoms with E-state index in [0.717, 1.165) is 9.88 Å². The zero-order chi connectivity index (χ0) is 17.7. The molecule has 0 saturated heterocycles. The zero-order valence-corrected chi connectivity index (χ0v) is 14.5. The van der Waals surface area contributed by atoms with Crippen molar-refractivity contribution in [1.82, 2.24) is 0 Å². The Labute approximate surface area is 129 Å². The van der Waals surface area contributed by atoms with Gasteiger partial charge in [0.2, 0.25) is 0 Å². The summed E-state index contributed by atoms with van der Waals surface area (Å²) in [4.78, 5) is 1.96. The van der Waals surface area contributed by atoms with E-state index in [9.17, 15) is 35.1 Å². The third-order valence-electron chi connectivity index (χ3n) is 3.47. The van der Waals surface area contributed by atoms with Crippen molar-refractivity contribution in [2.24, 2.45) is 0 Å². The van der Waals surface area contributed by atoms with Crippen molar-refractivity contribution < 1.29 is 35.1 Å². The molecule has 0 aromatic heterocycles. The van der Waals surface area contributed by atoms with Gasteiger partial charge >= 0.3 is 129 Å². The standard InChI is InChI=1S/2C6HF4.2CH3.Sn/c2*7-3-1-4(8)6(10)2-5(3)9;;;/h2*1H;2*1H3;. The van der Waals surface area contributed by atoms with Gasteiger partial charge in [-0.15, -0.1) is 0 Å². The van der Waals surface area contributed by atoms with Crippen LogP contribution in [0.5, 0.6) is 0 Å². The van der Waals surface area contributed by atoms with E-state index in [1.165, 1.54) is 0 Å². The minimum absolute atomic E-state index is 0.0605. The molecule has 2 aromatic carbocycles. The molecule has 0 bridgehead atoms. The molecule has 0 radical (unpaired) electrons. The molecule has 0 aliphatic heterocycles. The molecule has 0 atom stereocenters. The first-order chi connectivity index (χ1) is 10.5. The van der Waals surface area contributed by atoms with Crippen molar-refractivity contribution in [3.05, 3.63) is 58.7 Å². The first-order valence-corrected chi connectivity index (χ1v) is 14.7. The van der Waals surface area contributed by atoms with Crippen LogP contribution in [0, 0.1) is 46.5 Å². The SMILES string of the molecule is [CH3][Sn]([CH3])([c]1c(F)c(F)cc(F)c1F)[c]1c(F)c(F)cc(F)c1F. The fourth-order valence-electron chi connectivity index (χ4n) is 2.37. The summed E-state index contributed by atoms with van der Waals surface area (Å²) in [7, 11) is 0. The van der Waals surface area contributed by atoms with Crippen molar-refractivity contribution in [1.29, 1.82) is 0 Å². The minimum atomic E-state index is -5.13. The first kappa shape index (κ1) is 18.0. The van der Waals surface area contributed by atoms with Gasteiger partial charge in [-0.2, -0.15) is 0 Å². The summed E-state index contributed by atoms with van der Waals surface area (Å²) in [6, 6.07) is -0.121. The molecule has 2 aromatic rings. The van der Waals surface area contributed by atoms with Gasteiger partial charge in [-0.1, -0.05) is 0 Å². The van der Waals surface area contributed by atoms with Crippen LogP contribution in [0.1, 0.15) is 0 Å². The Morgan fingerprint density at radius 3 is 0.957 bits per heavy atom. The monoisotopic (exact) mass is 448 g/mol. The van der Waals surface area contributed by atoms with Crippen molar-refractivity contribution in [3.63, 3.8) is 0 Å². The van der Waals surface area contributed by atoms with Gasteiger partial charge < -0.3 is 0 Å². The molecular weight excluding hydrogens is 439 g/mol. The van der Waals surface area contributed by atoms with Crippen molar-refractivity contribution in [2.75, 3.05) is 0 Å². The molecule has 0 nitrogen and oxygen atoms in total. The summed E-state index contributed by atoms with van der Waals surface area (Å²) in [5.41, 5.74) is 0. The molecule has 9 heteroatoms. The van der Waals surface area contributed by atoms with Gasteiger partial charge in [-0.25, -0.2) is 0 Å². The second-order valence-electron chi connectivity index (χ2n) is 5.31. The van der Waals surface area contributed by atoms with Crippen LogP contribution in [-0.4, -0.2) is 18.4 Å². The molecule has 0 spiro atoms. The third kappa shape index (κ3) is 2.81. The molecular formula is C14H8F8Sn. The second-order valence-corrected chi connectivity index (χ2v) is 17.4. The van der Waals surface area contributed by atoms with E-state index >= 15 is 0 Å². The van der Waals surface area contributed by atoms with Crippen LogP contribution >= 0.6 is 0 Å². The van der Waals surface area contributed by atoms with Crippen LogP contribution in [-0.2, 0) is 0 Å². The number of rotatable bonds is 2. The summed E-state index contributed by atoms with van der Waals surface area (Å²) in [5.74, 6) is -14.4. The normalized spacial score (nSPS) is 11.9. The van der Waals surface area contributed by atoms with E-state index in [-0.39, 0.29) is 12.1 Å². The molecule has 124 valence electrons. The Morgan fingerprint density at radius 1 is 0.522 bits per heavy atom. The molecule has 0 aliphatic carbocycles. The molecule has 0 amide bonds. The van der Waals surface area contributed by atoms with Crippen LogP contribution in [0.2, 0.25) is 9.88 Å². The molecule has 0 N–H and O–H groups in total. The average molecular weight is 447 g/mol. The number of hydrogen-bond donors (Lipinski definition) is 0. The molecule has 2 rings (SSSR count). The summed E-state index contributed by atoms with van der Waals surface area (Å²) in [6.07, 6.45) is 0. The fraction of sp³-hybridized carbons (Fsp3) is 0.143. The Balaban J connectivity index is 2.90. The van der Waals surface area contributed by atoms with E-state index in [0.29, 0.717) is 0 Å². The Bertz CT molecular complexity index is 682. The van der Waals surface area contributed by atoms with Gasteiger partial charge in [-0.05, 0) is 0 Å². The van der Waals surface area contributed by atoms with Gasteiger partial charge in [0.1, 0.15) is 0 Å². The Morgan fingerprint density at radius 2 is 0.739 bits per heavy atom. The van der Waals surface area contributed by atoms with Gasteiger partial charge in [0, 0.05) is 0 Å². The molecule has 23 heavy (non-hydrogen) atoms. The number of halogens is 8. The predicted octanol–water partition coefficient (Wildman–Crippen LogP) is 3.62. The van der Waals surface area contributed by atoms with Crippen LogP contribution in [0.4, 0.5) is 35.1 Å². The average Bonchev–Trinajstić information content (AvgIpc) is 2.43. The fourth-order valence-corrected chi connectivity index (χ4v) is 10.7. The van der Waals surface area contributed by atoms with E-state index in [2.05, 4.69) is 0 Å². The van der Waals surface area contributed by atoms with E-state index < -0.39 is 72.1 Å². The van der Waals surface area contributed by atoms with Crippen LogP contribution in [0.3, 0.4) is 0 Å². The Kier molecular flexibility index (Phi) is 4.66. The van der Waals surface area contributed by atoms with Crippen LogP contribution in [0.15, 0.2) is 12.1 Å². The topological polar surface area (TPSA) is 0 Å². The van der Waals surface area contributed by atoms with Gasteiger partial charge in [0.25, 0.3) is 0 Å². The second kappa shape index (κ2) is 5.95. The van der Waals surface area contributed by atoms with Crippen molar-refractivity contribution in [3.8, 4) is 0 Å². The van der Waals surface area contributed by atoms with Gasteiger partial charge in [-0.3, -0.25) is 0 Å². The van der Waals surface area contributed by atoms with E-state index in [1.54, 1.807) is 0 Å². The maximum absolute atomic E-state index is 13.9. The summed E-state index contributed by atoms with van der Waals surface area (Å²) in [5, 5.41) is 0. The summed E-state index contributed by atoms with van der Waals surface area (Å²) >= 11 is -5.13. The first-order valence-electron chi connectivity index (χ1n) is 6.17. The number of hydrogen-bond acceptors (Lipinski definition) is 0. The molecule has 0 aliphatic rings. The van der Waals surface area contributed by atoms with Crippen molar-refractivity contribution >= 4 is 25.5 Å². The third-order valence-corrected chi connectivity index (χ3v) is 13.1. The summed E-state index contributed by atoms with van der Waals surface area (Å²) < 4.78 is 107. The van der Waals surface area contributed by atoms with Crippen molar-refractivity contribution in [2.45, 2.75) is 9.88 Å². The molecule has 0 saturated carbocycles.